The third-order valence-corrected chi connectivity index (χ3v) is 6.09. The molecule has 3 heteroatoms. The zero-order chi connectivity index (χ0) is 22.3. The van der Waals surface area contributed by atoms with E-state index in [1.165, 1.54) is 12.8 Å². The highest BCUT2D eigenvalue weighted by Crippen LogP contribution is 2.29. The molecule has 0 unspecified atom stereocenters. The molecule has 0 aliphatic rings. The molecule has 0 bridgehead atoms. The van der Waals surface area contributed by atoms with Crippen LogP contribution in [0.2, 0.25) is 5.02 Å². The maximum absolute atomic E-state index is 15.2. The third kappa shape index (κ3) is 5.49. The average Bonchev–Trinajstić information content (AvgIpc) is 2.83. The lowest BCUT2D eigenvalue weighted by Gasteiger charge is -2.10. The highest BCUT2D eigenvalue weighted by molar-refractivity contribution is 6.30. The molecule has 0 aromatic heterocycles. The minimum Gasteiger partial charge on any atom is -0.494 e. The fourth-order valence-corrected chi connectivity index (χ4v) is 4.05. The average molecular weight is 447 g/mol. The summed E-state index contributed by atoms with van der Waals surface area (Å²) in [6.45, 7) is 2.94. The number of hydrogen-bond donors (Lipinski definition) is 0. The zero-order valence-corrected chi connectivity index (χ0v) is 19.2. The summed E-state index contributed by atoms with van der Waals surface area (Å²) in [7, 11) is 0. The van der Waals surface area contributed by atoms with Crippen LogP contribution in [-0.2, 0) is 12.8 Å². The van der Waals surface area contributed by atoms with Gasteiger partial charge in [-0.05, 0) is 77.2 Å². The van der Waals surface area contributed by atoms with Gasteiger partial charge in [0.1, 0.15) is 11.6 Å². The number of unbranched alkanes of at least 4 members (excludes halogenated alkanes) is 2. The van der Waals surface area contributed by atoms with Crippen molar-refractivity contribution in [3.05, 3.63) is 101 Å². The van der Waals surface area contributed by atoms with E-state index in [1.807, 2.05) is 60.7 Å². The molecule has 0 N–H and O–H groups in total. The molecule has 0 heterocycles. The second-order valence-electron chi connectivity index (χ2n) is 8.18. The van der Waals surface area contributed by atoms with Gasteiger partial charge >= 0.3 is 0 Å². The third-order valence-electron chi connectivity index (χ3n) is 5.83. The second-order valence-corrected chi connectivity index (χ2v) is 8.62. The first-order chi connectivity index (χ1) is 15.6. The van der Waals surface area contributed by atoms with Crippen molar-refractivity contribution < 1.29 is 9.13 Å². The molecule has 164 valence electrons. The monoisotopic (exact) mass is 446 g/mol. The second kappa shape index (κ2) is 10.7. The van der Waals surface area contributed by atoms with Crippen molar-refractivity contribution >= 4 is 22.4 Å². The Labute approximate surface area is 194 Å². The molecule has 0 fully saturated rings. The number of aryl methyl sites for hydroxylation is 2. The number of hydrogen-bond acceptors (Lipinski definition) is 1. The molecular weight excluding hydrogens is 419 g/mol. The van der Waals surface area contributed by atoms with Crippen molar-refractivity contribution in [2.24, 2.45) is 0 Å². The van der Waals surface area contributed by atoms with Crippen molar-refractivity contribution in [2.45, 2.75) is 39.0 Å². The molecule has 0 spiro atoms. The van der Waals surface area contributed by atoms with Crippen LogP contribution in [0.15, 0.2) is 78.9 Å². The summed E-state index contributed by atoms with van der Waals surface area (Å²) in [4.78, 5) is 0. The Morgan fingerprint density at radius 1 is 0.781 bits per heavy atom. The number of fused-ring (bicyclic) bond motifs is 1. The summed E-state index contributed by atoms with van der Waals surface area (Å²) < 4.78 is 21.0. The lowest BCUT2D eigenvalue weighted by molar-refractivity contribution is 0.306. The van der Waals surface area contributed by atoms with Crippen LogP contribution in [0, 0.1) is 5.82 Å². The minimum atomic E-state index is -0.126. The van der Waals surface area contributed by atoms with Crippen LogP contribution < -0.4 is 4.74 Å². The van der Waals surface area contributed by atoms with Crippen molar-refractivity contribution in [3.63, 3.8) is 0 Å². The maximum Gasteiger partial charge on any atom is 0.134 e. The van der Waals surface area contributed by atoms with Crippen LogP contribution in [-0.4, -0.2) is 6.61 Å². The Kier molecular flexibility index (Phi) is 7.44. The summed E-state index contributed by atoms with van der Waals surface area (Å²) in [5.41, 5.74) is 4.06. The molecular formula is C29H28ClFO. The summed E-state index contributed by atoms with van der Waals surface area (Å²) in [6.07, 6.45) is 4.90. The van der Waals surface area contributed by atoms with E-state index in [9.17, 15) is 0 Å². The van der Waals surface area contributed by atoms with Gasteiger partial charge in [0.15, 0.2) is 0 Å². The van der Waals surface area contributed by atoms with Gasteiger partial charge < -0.3 is 4.74 Å². The lowest BCUT2D eigenvalue weighted by Crippen LogP contribution is -1.97. The molecule has 0 radical (unpaired) electrons. The predicted octanol–water partition coefficient (Wildman–Crippen LogP) is 8.65. The van der Waals surface area contributed by atoms with Gasteiger partial charge in [0.25, 0.3) is 0 Å². The largest absolute Gasteiger partial charge is 0.494 e. The van der Waals surface area contributed by atoms with Crippen molar-refractivity contribution in [3.8, 4) is 16.9 Å². The Morgan fingerprint density at radius 3 is 2.28 bits per heavy atom. The smallest absolute Gasteiger partial charge is 0.134 e. The first-order valence-corrected chi connectivity index (χ1v) is 11.7. The van der Waals surface area contributed by atoms with Gasteiger partial charge in [-0.2, -0.15) is 0 Å². The molecule has 0 saturated heterocycles. The maximum atomic E-state index is 15.2. The van der Waals surface area contributed by atoms with E-state index >= 15 is 4.39 Å². The zero-order valence-electron chi connectivity index (χ0n) is 18.4. The quantitative estimate of drug-likeness (QED) is 0.234. The number of rotatable bonds is 9. The summed E-state index contributed by atoms with van der Waals surface area (Å²) in [5.74, 6) is 0.765. The first-order valence-electron chi connectivity index (χ1n) is 11.3. The van der Waals surface area contributed by atoms with E-state index in [-0.39, 0.29) is 5.82 Å². The number of halogens is 2. The fourth-order valence-electron chi connectivity index (χ4n) is 3.93. The topological polar surface area (TPSA) is 9.23 Å². The van der Waals surface area contributed by atoms with Crippen LogP contribution in [0.1, 0.15) is 37.3 Å². The lowest BCUT2D eigenvalue weighted by atomic mass is 9.97. The van der Waals surface area contributed by atoms with Gasteiger partial charge in [0, 0.05) is 10.4 Å². The van der Waals surface area contributed by atoms with E-state index < -0.39 is 0 Å². The molecule has 32 heavy (non-hydrogen) atoms. The van der Waals surface area contributed by atoms with E-state index in [1.54, 1.807) is 0 Å². The first kappa shape index (κ1) is 22.4. The molecule has 0 amide bonds. The van der Waals surface area contributed by atoms with Crippen LogP contribution in [0.5, 0.6) is 5.75 Å². The van der Waals surface area contributed by atoms with E-state index in [0.29, 0.717) is 11.8 Å². The fraction of sp³-hybridized carbons (Fsp3) is 0.241. The highest BCUT2D eigenvalue weighted by atomic mass is 35.5. The van der Waals surface area contributed by atoms with Crippen molar-refractivity contribution in [1.29, 1.82) is 0 Å². The molecule has 4 rings (SSSR count). The summed E-state index contributed by atoms with van der Waals surface area (Å²) >= 11 is 5.95. The normalized spacial score (nSPS) is 11.1. The van der Waals surface area contributed by atoms with Gasteiger partial charge in [0.2, 0.25) is 0 Å². The van der Waals surface area contributed by atoms with Crippen LogP contribution in [0.25, 0.3) is 21.9 Å². The molecule has 0 aliphatic carbocycles. The molecule has 0 saturated carbocycles. The van der Waals surface area contributed by atoms with Crippen LogP contribution >= 0.6 is 11.6 Å². The minimum absolute atomic E-state index is 0.126. The van der Waals surface area contributed by atoms with E-state index in [4.69, 9.17) is 16.3 Å². The standard InChI is InChI=1S/C29H28ClFO/c1-2-3-4-19-32-27-16-11-22(12-17-27)24-13-18-28-25(20-24)10-9-23(29(28)31)8-5-21-6-14-26(30)15-7-21/h6-7,9-18,20H,2-5,8,19H2,1H3. The highest BCUT2D eigenvalue weighted by Gasteiger charge is 2.09. The van der Waals surface area contributed by atoms with Crippen molar-refractivity contribution in [2.75, 3.05) is 6.61 Å². The number of ether oxygens (including phenoxy) is 1. The Bertz CT molecular complexity index is 1170. The summed E-state index contributed by atoms with van der Waals surface area (Å²) in [6, 6.07) is 25.7. The predicted molar refractivity (Wildman–Crippen MR) is 133 cm³/mol. The molecule has 1 nitrogen and oxygen atoms in total. The molecule has 0 aliphatic heterocycles. The van der Waals surface area contributed by atoms with Crippen LogP contribution in [0.3, 0.4) is 0 Å². The molecule has 4 aromatic rings. The SMILES string of the molecule is CCCCCOc1ccc(-c2ccc3c(F)c(CCc4ccc(Cl)cc4)ccc3c2)cc1. The Hall–Kier alpha value is -2.84. The van der Waals surface area contributed by atoms with Gasteiger partial charge in [0.05, 0.1) is 6.61 Å². The van der Waals surface area contributed by atoms with Gasteiger partial charge in [-0.25, -0.2) is 4.39 Å². The molecule has 0 atom stereocenters. The van der Waals surface area contributed by atoms with Crippen molar-refractivity contribution in [1.82, 2.24) is 0 Å². The number of benzene rings is 4. The van der Waals surface area contributed by atoms with Gasteiger partial charge in [-0.3, -0.25) is 0 Å². The van der Waals surface area contributed by atoms with E-state index in [2.05, 4.69) is 25.1 Å². The van der Waals surface area contributed by atoms with E-state index in [0.717, 1.165) is 57.9 Å². The summed E-state index contributed by atoms with van der Waals surface area (Å²) in [5, 5.41) is 2.30. The Morgan fingerprint density at radius 2 is 1.53 bits per heavy atom. The Balaban J connectivity index is 1.47. The van der Waals surface area contributed by atoms with Gasteiger partial charge in [-0.15, -0.1) is 0 Å². The molecule has 4 aromatic carbocycles. The van der Waals surface area contributed by atoms with Gasteiger partial charge in [-0.1, -0.05) is 79.9 Å². The van der Waals surface area contributed by atoms with Crippen LogP contribution in [0.4, 0.5) is 4.39 Å².